The van der Waals surface area contributed by atoms with Gasteiger partial charge in [0.2, 0.25) is 0 Å². The summed E-state index contributed by atoms with van der Waals surface area (Å²) in [4.78, 5) is 21.8. The van der Waals surface area contributed by atoms with E-state index in [1.54, 1.807) is 19.1 Å². The first-order valence-electron chi connectivity index (χ1n) is 5.42. The third-order valence-corrected chi connectivity index (χ3v) is 2.56. The Hall–Kier alpha value is -2.68. The molecule has 19 heavy (non-hydrogen) atoms. The molecule has 0 saturated carbocycles. The number of esters is 1. The van der Waals surface area contributed by atoms with Crippen molar-refractivity contribution in [2.75, 3.05) is 7.11 Å². The fourth-order valence-electron chi connectivity index (χ4n) is 1.56. The van der Waals surface area contributed by atoms with Gasteiger partial charge in [0.1, 0.15) is 0 Å². The fraction of sp³-hybridized carbons (Fsp3) is 0.231. The van der Waals surface area contributed by atoms with Crippen LogP contribution in [0.4, 0.5) is 5.69 Å². The van der Waals surface area contributed by atoms with Crippen molar-refractivity contribution in [1.82, 2.24) is 0 Å². The third-order valence-electron chi connectivity index (χ3n) is 2.56. The van der Waals surface area contributed by atoms with Crippen LogP contribution in [0.5, 0.6) is 0 Å². The summed E-state index contributed by atoms with van der Waals surface area (Å²) in [5.74, 6) is -0.629. The number of nitro benzene ring substituents is 1. The van der Waals surface area contributed by atoms with E-state index in [1.807, 2.05) is 6.07 Å². The van der Waals surface area contributed by atoms with Gasteiger partial charge in [0, 0.05) is 12.1 Å². The molecular formula is C13H12N2O4. The standard InChI is InChI=1S/C13H12N2O4/c1-9-10(5-3-4-6-14)7-11(15(17)18)8-12(9)13(16)19-2/h3,5,7-8H,4H2,1-2H3. The lowest BCUT2D eigenvalue weighted by Crippen LogP contribution is -2.06. The van der Waals surface area contributed by atoms with Gasteiger partial charge in [-0.25, -0.2) is 4.79 Å². The van der Waals surface area contributed by atoms with Gasteiger partial charge < -0.3 is 4.74 Å². The van der Waals surface area contributed by atoms with Gasteiger partial charge in [-0.15, -0.1) is 0 Å². The van der Waals surface area contributed by atoms with E-state index in [9.17, 15) is 14.9 Å². The van der Waals surface area contributed by atoms with E-state index >= 15 is 0 Å². The van der Waals surface area contributed by atoms with E-state index in [0.29, 0.717) is 11.1 Å². The quantitative estimate of drug-likeness (QED) is 0.471. The first-order chi connectivity index (χ1) is 9.01. The average molecular weight is 260 g/mol. The second-order valence-electron chi connectivity index (χ2n) is 3.72. The van der Waals surface area contributed by atoms with Crippen molar-refractivity contribution in [3.05, 3.63) is 45.0 Å². The molecule has 0 aliphatic heterocycles. The minimum atomic E-state index is -0.629. The topological polar surface area (TPSA) is 93.2 Å². The normalized spacial score (nSPS) is 10.2. The molecule has 0 aromatic heterocycles. The Morgan fingerprint density at radius 2 is 2.26 bits per heavy atom. The monoisotopic (exact) mass is 260 g/mol. The Morgan fingerprint density at radius 3 is 2.79 bits per heavy atom. The molecule has 0 fully saturated rings. The van der Waals surface area contributed by atoms with Crippen LogP contribution in [0.2, 0.25) is 0 Å². The van der Waals surface area contributed by atoms with Crippen LogP contribution in [0.25, 0.3) is 6.08 Å². The van der Waals surface area contributed by atoms with Crippen molar-refractivity contribution in [3.63, 3.8) is 0 Å². The maximum atomic E-state index is 11.6. The molecule has 6 nitrogen and oxygen atoms in total. The van der Waals surface area contributed by atoms with E-state index in [1.165, 1.54) is 19.2 Å². The lowest BCUT2D eigenvalue weighted by Gasteiger charge is -2.07. The van der Waals surface area contributed by atoms with Crippen LogP contribution in [0.3, 0.4) is 0 Å². The molecule has 0 saturated heterocycles. The van der Waals surface area contributed by atoms with Gasteiger partial charge in [0.15, 0.2) is 0 Å². The zero-order valence-electron chi connectivity index (χ0n) is 10.5. The van der Waals surface area contributed by atoms with E-state index in [0.717, 1.165) is 0 Å². The van der Waals surface area contributed by atoms with Gasteiger partial charge in [-0.1, -0.05) is 12.2 Å². The molecule has 0 radical (unpaired) electrons. The van der Waals surface area contributed by atoms with Crippen LogP contribution in [0.15, 0.2) is 18.2 Å². The Balaban J connectivity index is 3.37. The average Bonchev–Trinajstić information content (AvgIpc) is 2.39. The maximum absolute atomic E-state index is 11.6. The van der Waals surface area contributed by atoms with Crippen LogP contribution >= 0.6 is 0 Å². The zero-order valence-corrected chi connectivity index (χ0v) is 10.5. The van der Waals surface area contributed by atoms with Crippen LogP contribution in [-0.4, -0.2) is 18.0 Å². The predicted octanol–water partition coefficient (Wildman–Crippen LogP) is 2.62. The van der Waals surface area contributed by atoms with E-state index in [2.05, 4.69) is 4.74 Å². The minimum absolute atomic E-state index is 0.147. The molecule has 1 aromatic carbocycles. The second kappa shape index (κ2) is 6.31. The number of carbonyl (C=O) groups is 1. The number of rotatable bonds is 4. The van der Waals surface area contributed by atoms with Gasteiger partial charge in [0.25, 0.3) is 5.69 Å². The van der Waals surface area contributed by atoms with E-state index in [-0.39, 0.29) is 17.7 Å². The summed E-state index contributed by atoms with van der Waals surface area (Å²) in [6.45, 7) is 1.67. The van der Waals surface area contributed by atoms with Crippen LogP contribution in [-0.2, 0) is 4.74 Å². The predicted molar refractivity (Wildman–Crippen MR) is 68.4 cm³/mol. The Labute approximate surface area is 110 Å². The van der Waals surface area contributed by atoms with E-state index in [4.69, 9.17) is 5.26 Å². The first-order valence-corrected chi connectivity index (χ1v) is 5.42. The molecule has 6 heteroatoms. The smallest absolute Gasteiger partial charge is 0.338 e. The number of nitriles is 1. The van der Waals surface area contributed by atoms with Crippen molar-refractivity contribution in [2.45, 2.75) is 13.3 Å². The number of nitro groups is 1. The van der Waals surface area contributed by atoms with Gasteiger partial charge in [-0.3, -0.25) is 10.1 Å². The molecule has 0 aliphatic rings. The molecule has 0 unspecified atom stereocenters. The molecule has 0 amide bonds. The number of non-ortho nitro benzene ring substituents is 1. The largest absolute Gasteiger partial charge is 0.465 e. The van der Waals surface area contributed by atoms with Crippen LogP contribution < -0.4 is 0 Å². The SMILES string of the molecule is COC(=O)c1cc([N+](=O)[O-])cc(C=CCC#N)c1C. The molecule has 0 atom stereocenters. The fourth-order valence-corrected chi connectivity index (χ4v) is 1.56. The summed E-state index contributed by atoms with van der Waals surface area (Å²) in [6, 6.07) is 4.47. The highest BCUT2D eigenvalue weighted by Gasteiger charge is 2.18. The highest BCUT2D eigenvalue weighted by Crippen LogP contribution is 2.24. The minimum Gasteiger partial charge on any atom is -0.465 e. The number of nitrogens with zero attached hydrogens (tertiary/aromatic N) is 2. The van der Waals surface area contributed by atoms with Crippen molar-refractivity contribution in [2.24, 2.45) is 0 Å². The van der Waals surface area contributed by atoms with Crippen molar-refractivity contribution in [1.29, 1.82) is 5.26 Å². The summed E-state index contributed by atoms with van der Waals surface area (Å²) < 4.78 is 4.59. The molecular weight excluding hydrogens is 248 g/mol. The lowest BCUT2D eigenvalue weighted by atomic mass is 10.0. The first kappa shape index (κ1) is 14.4. The summed E-state index contributed by atoms with van der Waals surface area (Å²) >= 11 is 0. The number of benzene rings is 1. The summed E-state index contributed by atoms with van der Waals surface area (Å²) in [6.07, 6.45) is 3.35. The van der Waals surface area contributed by atoms with Gasteiger partial charge >= 0.3 is 5.97 Å². The summed E-state index contributed by atoms with van der Waals surface area (Å²) in [5.41, 5.74) is 1.05. The molecule has 1 aromatic rings. The van der Waals surface area contributed by atoms with E-state index < -0.39 is 10.9 Å². The Bertz CT molecular complexity index is 585. The molecule has 98 valence electrons. The van der Waals surface area contributed by atoms with Gasteiger partial charge in [0.05, 0.1) is 30.1 Å². The summed E-state index contributed by atoms with van der Waals surface area (Å²) in [5, 5.41) is 19.3. The van der Waals surface area contributed by atoms with Gasteiger partial charge in [-0.05, 0) is 18.1 Å². The number of hydrogen-bond acceptors (Lipinski definition) is 5. The molecule has 0 aliphatic carbocycles. The van der Waals surface area contributed by atoms with Crippen LogP contribution in [0, 0.1) is 28.4 Å². The Kier molecular flexibility index (Phi) is 4.77. The van der Waals surface area contributed by atoms with Crippen molar-refractivity contribution < 1.29 is 14.5 Å². The highest BCUT2D eigenvalue weighted by atomic mass is 16.6. The maximum Gasteiger partial charge on any atom is 0.338 e. The number of ether oxygens (including phenoxy) is 1. The second-order valence-corrected chi connectivity index (χ2v) is 3.72. The zero-order chi connectivity index (χ0) is 14.4. The van der Waals surface area contributed by atoms with Crippen molar-refractivity contribution >= 4 is 17.7 Å². The van der Waals surface area contributed by atoms with Crippen LogP contribution in [0.1, 0.15) is 27.9 Å². The summed E-state index contributed by atoms with van der Waals surface area (Å²) in [7, 11) is 1.21. The molecule has 1 rings (SSSR count). The molecule has 0 spiro atoms. The Morgan fingerprint density at radius 1 is 1.58 bits per heavy atom. The van der Waals surface area contributed by atoms with Gasteiger partial charge in [-0.2, -0.15) is 5.26 Å². The molecule has 0 bridgehead atoms. The number of hydrogen-bond donors (Lipinski definition) is 0. The number of methoxy groups -OCH3 is 1. The number of allylic oxidation sites excluding steroid dienone is 1. The lowest BCUT2D eigenvalue weighted by molar-refractivity contribution is -0.384. The highest BCUT2D eigenvalue weighted by molar-refractivity contribution is 5.93. The molecule has 0 N–H and O–H groups in total. The molecule has 0 heterocycles. The third kappa shape index (κ3) is 3.39. The number of carbonyl (C=O) groups excluding carboxylic acids is 1. The van der Waals surface area contributed by atoms with Crippen molar-refractivity contribution in [3.8, 4) is 6.07 Å².